The molecule has 0 saturated heterocycles. The van der Waals surface area contributed by atoms with Crippen molar-refractivity contribution in [2.24, 2.45) is 0 Å². The third-order valence-corrected chi connectivity index (χ3v) is 5.57. The van der Waals surface area contributed by atoms with Gasteiger partial charge < -0.3 is 9.52 Å². The topological polar surface area (TPSA) is 83.6 Å². The molecule has 3 heterocycles. The molecular weight excluding hydrogens is 380 g/mol. The predicted octanol–water partition coefficient (Wildman–Crippen LogP) is 4.26. The third-order valence-electron chi connectivity index (χ3n) is 5.57. The summed E-state index contributed by atoms with van der Waals surface area (Å²) in [5.41, 5.74) is 2.93. The molecule has 0 unspecified atom stereocenters. The number of pyridine rings is 1. The first-order valence-electron chi connectivity index (χ1n) is 9.57. The van der Waals surface area contributed by atoms with E-state index in [1.807, 2.05) is 13.8 Å². The normalized spacial score (nSPS) is 15.6. The Hall–Kier alpha value is -3.93. The summed E-state index contributed by atoms with van der Waals surface area (Å²) in [7, 11) is 0. The van der Waals surface area contributed by atoms with Crippen molar-refractivity contribution in [2.75, 3.05) is 4.90 Å². The summed E-state index contributed by atoms with van der Waals surface area (Å²) in [5.74, 6) is 0.0214. The van der Waals surface area contributed by atoms with Crippen LogP contribution in [-0.4, -0.2) is 16.0 Å². The van der Waals surface area contributed by atoms with Crippen molar-refractivity contribution in [3.8, 4) is 5.75 Å². The van der Waals surface area contributed by atoms with Gasteiger partial charge in [-0.15, -0.1) is 0 Å². The number of phenols is 1. The van der Waals surface area contributed by atoms with Gasteiger partial charge in [-0.25, -0.2) is 4.98 Å². The van der Waals surface area contributed by atoms with Gasteiger partial charge in [0.15, 0.2) is 5.43 Å². The minimum Gasteiger partial charge on any atom is -0.508 e. The number of amides is 1. The van der Waals surface area contributed by atoms with Crippen LogP contribution in [0.3, 0.4) is 0 Å². The van der Waals surface area contributed by atoms with Crippen molar-refractivity contribution >= 4 is 22.7 Å². The number of aromatic hydroxyl groups is 1. The second-order valence-electron chi connectivity index (χ2n) is 7.47. The molecule has 0 radical (unpaired) electrons. The van der Waals surface area contributed by atoms with Gasteiger partial charge in [0, 0.05) is 6.20 Å². The highest BCUT2D eigenvalue weighted by Crippen LogP contribution is 2.41. The number of aryl methyl sites for hydroxylation is 2. The Labute approximate surface area is 172 Å². The molecule has 6 nitrogen and oxygen atoms in total. The highest BCUT2D eigenvalue weighted by Gasteiger charge is 2.44. The van der Waals surface area contributed by atoms with Gasteiger partial charge in [-0.05, 0) is 66.9 Å². The molecule has 5 rings (SSSR count). The van der Waals surface area contributed by atoms with Crippen LogP contribution in [0.1, 0.15) is 38.9 Å². The Morgan fingerprint density at radius 3 is 2.53 bits per heavy atom. The Bertz CT molecular complexity index is 1380. The van der Waals surface area contributed by atoms with Crippen molar-refractivity contribution in [3.05, 3.63) is 99.0 Å². The number of fused-ring (bicyclic) bond motifs is 2. The summed E-state index contributed by atoms with van der Waals surface area (Å²) < 4.78 is 5.99. The van der Waals surface area contributed by atoms with Gasteiger partial charge in [-0.1, -0.05) is 18.2 Å². The molecular formula is C24H18N2O4. The minimum absolute atomic E-state index is 0.00903. The highest BCUT2D eigenvalue weighted by atomic mass is 16.3. The highest BCUT2D eigenvalue weighted by molar-refractivity contribution is 6.10. The van der Waals surface area contributed by atoms with Crippen molar-refractivity contribution in [3.63, 3.8) is 0 Å². The molecule has 2 aromatic carbocycles. The van der Waals surface area contributed by atoms with Crippen molar-refractivity contribution in [2.45, 2.75) is 19.9 Å². The maximum atomic E-state index is 13.6. The van der Waals surface area contributed by atoms with E-state index in [0.717, 1.165) is 11.1 Å². The number of phenolic OH excluding ortho intramolecular Hbond substituents is 1. The number of benzene rings is 2. The molecule has 1 atom stereocenters. The lowest BCUT2D eigenvalue weighted by molar-refractivity contribution is 0.0970. The van der Waals surface area contributed by atoms with Crippen LogP contribution in [0.5, 0.6) is 5.75 Å². The van der Waals surface area contributed by atoms with Crippen molar-refractivity contribution in [1.82, 2.24) is 4.98 Å². The summed E-state index contributed by atoms with van der Waals surface area (Å²) in [6.07, 6.45) is 1.59. The van der Waals surface area contributed by atoms with Crippen LogP contribution in [0.4, 0.5) is 5.82 Å². The van der Waals surface area contributed by atoms with E-state index in [9.17, 15) is 14.7 Å². The van der Waals surface area contributed by atoms with E-state index in [0.29, 0.717) is 22.4 Å². The molecule has 1 N–H and O–H groups in total. The summed E-state index contributed by atoms with van der Waals surface area (Å²) in [6, 6.07) is 14.6. The molecule has 0 fully saturated rings. The average molecular weight is 398 g/mol. The summed E-state index contributed by atoms with van der Waals surface area (Å²) in [4.78, 5) is 32.7. The van der Waals surface area contributed by atoms with Gasteiger partial charge in [-0.2, -0.15) is 0 Å². The molecule has 2 aromatic heterocycles. The smallest absolute Gasteiger partial charge is 0.296 e. The molecule has 0 spiro atoms. The Morgan fingerprint density at radius 2 is 1.80 bits per heavy atom. The quantitative estimate of drug-likeness (QED) is 0.545. The first-order chi connectivity index (χ1) is 14.5. The van der Waals surface area contributed by atoms with Crippen LogP contribution < -0.4 is 10.3 Å². The Kier molecular flexibility index (Phi) is 3.96. The molecule has 0 aliphatic carbocycles. The second-order valence-corrected chi connectivity index (χ2v) is 7.47. The van der Waals surface area contributed by atoms with Crippen molar-refractivity contribution < 1.29 is 14.3 Å². The molecule has 148 valence electrons. The van der Waals surface area contributed by atoms with Crippen LogP contribution in [0.2, 0.25) is 0 Å². The zero-order chi connectivity index (χ0) is 21.0. The number of rotatable bonds is 2. The van der Waals surface area contributed by atoms with Crippen LogP contribution in [0.25, 0.3) is 11.0 Å². The van der Waals surface area contributed by atoms with E-state index in [4.69, 9.17) is 4.42 Å². The van der Waals surface area contributed by atoms with Gasteiger partial charge in [0.05, 0.1) is 17.0 Å². The van der Waals surface area contributed by atoms with Crippen molar-refractivity contribution in [1.29, 1.82) is 0 Å². The Balaban J connectivity index is 1.85. The number of aromatic nitrogens is 1. The van der Waals surface area contributed by atoms with Crippen LogP contribution in [-0.2, 0) is 0 Å². The second kappa shape index (κ2) is 6.56. The minimum atomic E-state index is -0.753. The number of nitrogens with zero attached hydrogens (tertiary/aromatic N) is 2. The molecule has 6 heteroatoms. The van der Waals surface area contributed by atoms with Crippen LogP contribution >= 0.6 is 0 Å². The molecule has 30 heavy (non-hydrogen) atoms. The number of carbonyl (C=O) groups excluding carboxylic acids is 1. The maximum Gasteiger partial charge on any atom is 0.296 e. The number of hydrogen-bond donors (Lipinski definition) is 1. The fourth-order valence-electron chi connectivity index (χ4n) is 3.97. The lowest BCUT2D eigenvalue weighted by Gasteiger charge is -2.24. The molecule has 0 bridgehead atoms. The maximum absolute atomic E-state index is 13.6. The first-order valence-corrected chi connectivity index (χ1v) is 9.57. The SMILES string of the molecule is Cc1cc2oc3c(c(=O)c2cc1C)[C@H](c1cccc(O)c1)N(c1ccccn1)C3=O. The third kappa shape index (κ3) is 2.61. The fourth-order valence-corrected chi connectivity index (χ4v) is 3.97. The summed E-state index contributed by atoms with van der Waals surface area (Å²) in [5, 5.41) is 10.5. The average Bonchev–Trinajstić information content (AvgIpc) is 3.03. The van der Waals surface area contributed by atoms with Gasteiger partial charge in [0.2, 0.25) is 5.76 Å². The van der Waals surface area contributed by atoms with E-state index >= 15 is 0 Å². The predicted molar refractivity (Wildman–Crippen MR) is 113 cm³/mol. The zero-order valence-corrected chi connectivity index (χ0v) is 16.4. The number of hydrogen-bond acceptors (Lipinski definition) is 5. The first kappa shape index (κ1) is 18.1. The van der Waals surface area contributed by atoms with E-state index < -0.39 is 11.9 Å². The van der Waals surface area contributed by atoms with Gasteiger partial charge in [-0.3, -0.25) is 14.5 Å². The molecule has 0 saturated carbocycles. The standard InChI is InChI=1S/C24H18N2O4/c1-13-10-17-18(11-14(13)2)30-23-20(22(17)28)21(15-6-5-7-16(27)12-15)26(24(23)29)19-8-3-4-9-25-19/h3-12,21,27H,1-2H3/t21-/m0/s1. The monoisotopic (exact) mass is 398 g/mol. The van der Waals surface area contributed by atoms with E-state index in [1.54, 1.807) is 60.8 Å². The van der Waals surface area contributed by atoms with Gasteiger partial charge in [0.1, 0.15) is 17.2 Å². The summed E-state index contributed by atoms with van der Waals surface area (Å²) >= 11 is 0. The van der Waals surface area contributed by atoms with Crippen LogP contribution in [0.15, 0.2) is 70.0 Å². The van der Waals surface area contributed by atoms with Gasteiger partial charge >= 0.3 is 0 Å². The fraction of sp³-hybridized carbons (Fsp3) is 0.125. The van der Waals surface area contributed by atoms with E-state index in [1.165, 1.54) is 4.90 Å². The largest absolute Gasteiger partial charge is 0.508 e. The number of carbonyl (C=O) groups is 1. The molecule has 1 aliphatic heterocycles. The lowest BCUT2D eigenvalue weighted by Crippen LogP contribution is -2.30. The summed E-state index contributed by atoms with van der Waals surface area (Å²) in [6.45, 7) is 3.86. The molecule has 1 aliphatic rings. The molecule has 1 amide bonds. The number of anilines is 1. The van der Waals surface area contributed by atoms with E-state index in [2.05, 4.69) is 4.98 Å². The molecule has 4 aromatic rings. The lowest BCUT2D eigenvalue weighted by atomic mass is 9.97. The van der Waals surface area contributed by atoms with Gasteiger partial charge in [0.25, 0.3) is 5.91 Å². The van der Waals surface area contributed by atoms with Crippen LogP contribution in [0, 0.1) is 13.8 Å². The zero-order valence-electron chi connectivity index (χ0n) is 16.4. The Morgan fingerprint density at radius 1 is 1.00 bits per heavy atom. The van der Waals surface area contributed by atoms with E-state index in [-0.39, 0.29) is 22.5 Å².